The second kappa shape index (κ2) is 6.72. The minimum Gasteiger partial charge on any atom is -0.459 e. The van der Waals surface area contributed by atoms with Crippen molar-refractivity contribution >= 4 is 11.9 Å². The van der Waals surface area contributed by atoms with Crippen LogP contribution in [-0.4, -0.2) is 42.2 Å². The van der Waals surface area contributed by atoms with Crippen molar-refractivity contribution in [3.05, 3.63) is 41.6 Å². The number of furan rings is 1. The van der Waals surface area contributed by atoms with Gasteiger partial charge in [0.05, 0.1) is 31.2 Å². The minimum absolute atomic E-state index is 0.0464. The number of anilines is 1. The summed E-state index contributed by atoms with van der Waals surface area (Å²) in [7, 11) is 0. The smallest absolute Gasteiger partial charge is 0.287 e. The molecule has 0 aromatic carbocycles. The van der Waals surface area contributed by atoms with E-state index in [1.165, 1.54) is 6.26 Å². The third kappa shape index (κ3) is 3.44. The van der Waals surface area contributed by atoms with Crippen LogP contribution in [0.15, 0.2) is 29.0 Å². The Hall–Kier alpha value is -2.41. The predicted octanol–water partition coefficient (Wildman–Crippen LogP) is 2.35. The lowest BCUT2D eigenvalue weighted by Gasteiger charge is -2.37. The molecule has 1 atom stereocenters. The van der Waals surface area contributed by atoms with Gasteiger partial charge in [0.15, 0.2) is 5.76 Å². The largest absolute Gasteiger partial charge is 0.459 e. The lowest BCUT2D eigenvalue weighted by atomic mass is 9.74. The highest BCUT2D eigenvalue weighted by molar-refractivity contribution is 5.91. The number of aromatic nitrogens is 2. The monoisotopic (exact) mass is 356 g/mol. The number of hydrogen-bond acceptors (Lipinski definition) is 6. The molecule has 1 amide bonds. The Labute approximate surface area is 152 Å². The standard InChI is InChI=1S/C19H24N4O3/c1-19(2)10-14(21-17(24)16-4-3-7-26-16)13-12-20-18(22-15(13)11-19)23-5-8-25-9-6-23/h3-4,7,12,14H,5-6,8-11H2,1-2H3,(H,21,24)/t14-/m1/s1. The third-order valence-corrected chi connectivity index (χ3v) is 5.01. The van der Waals surface area contributed by atoms with Gasteiger partial charge in [0.1, 0.15) is 0 Å². The first-order valence-corrected chi connectivity index (χ1v) is 9.05. The van der Waals surface area contributed by atoms with Crippen molar-refractivity contribution in [1.82, 2.24) is 15.3 Å². The summed E-state index contributed by atoms with van der Waals surface area (Å²) in [5.74, 6) is 0.863. The molecule has 2 aliphatic rings. The highest BCUT2D eigenvalue weighted by atomic mass is 16.5. The number of nitrogens with zero attached hydrogens (tertiary/aromatic N) is 3. The molecule has 1 N–H and O–H groups in total. The van der Waals surface area contributed by atoms with E-state index >= 15 is 0 Å². The summed E-state index contributed by atoms with van der Waals surface area (Å²) in [5.41, 5.74) is 2.06. The van der Waals surface area contributed by atoms with Crippen molar-refractivity contribution < 1.29 is 13.9 Å². The van der Waals surface area contributed by atoms with E-state index in [4.69, 9.17) is 14.1 Å². The van der Waals surface area contributed by atoms with Gasteiger partial charge in [0.25, 0.3) is 5.91 Å². The van der Waals surface area contributed by atoms with E-state index in [-0.39, 0.29) is 17.4 Å². The van der Waals surface area contributed by atoms with Gasteiger partial charge in [-0.3, -0.25) is 4.79 Å². The number of fused-ring (bicyclic) bond motifs is 1. The molecule has 0 unspecified atom stereocenters. The molecule has 1 saturated heterocycles. The molecule has 26 heavy (non-hydrogen) atoms. The average Bonchev–Trinajstić information content (AvgIpc) is 3.16. The zero-order valence-electron chi connectivity index (χ0n) is 15.2. The van der Waals surface area contributed by atoms with Crippen molar-refractivity contribution in [1.29, 1.82) is 0 Å². The number of carbonyl (C=O) groups excluding carboxylic acids is 1. The topological polar surface area (TPSA) is 80.5 Å². The molecule has 1 fully saturated rings. The molecule has 1 aliphatic carbocycles. The fourth-order valence-corrected chi connectivity index (χ4v) is 3.72. The number of rotatable bonds is 3. The van der Waals surface area contributed by atoms with Gasteiger partial charge in [-0.2, -0.15) is 0 Å². The zero-order chi connectivity index (χ0) is 18.1. The Morgan fingerprint density at radius 1 is 1.35 bits per heavy atom. The molecule has 0 saturated carbocycles. The van der Waals surface area contributed by atoms with Gasteiger partial charge in [-0.1, -0.05) is 13.8 Å². The van der Waals surface area contributed by atoms with Gasteiger partial charge in [0, 0.05) is 24.8 Å². The lowest BCUT2D eigenvalue weighted by molar-refractivity contribution is 0.0890. The van der Waals surface area contributed by atoms with Crippen LogP contribution in [0, 0.1) is 5.41 Å². The van der Waals surface area contributed by atoms with Gasteiger partial charge in [-0.15, -0.1) is 0 Å². The van der Waals surface area contributed by atoms with Crippen molar-refractivity contribution in [3.8, 4) is 0 Å². The summed E-state index contributed by atoms with van der Waals surface area (Å²) < 4.78 is 10.6. The Balaban J connectivity index is 1.60. The van der Waals surface area contributed by atoms with Crippen molar-refractivity contribution in [2.24, 2.45) is 5.41 Å². The molecular weight excluding hydrogens is 332 g/mol. The highest BCUT2D eigenvalue weighted by Crippen LogP contribution is 2.40. The first-order valence-electron chi connectivity index (χ1n) is 9.05. The van der Waals surface area contributed by atoms with Crippen LogP contribution in [0.3, 0.4) is 0 Å². The summed E-state index contributed by atoms with van der Waals surface area (Å²) in [4.78, 5) is 24.0. The first-order chi connectivity index (χ1) is 12.5. The maximum absolute atomic E-state index is 12.4. The van der Waals surface area contributed by atoms with Gasteiger partial charge < -0.3 is 19.4 Å². The summed E-state index contributed by atoms with van der Waals surface area (Å²) >= 11 is 0. The van der Waals surface area contributed by atoms with E-state index in [1.54, 1.807) is 12.1 Å². The molecule has 0 radical (unpaired) electrons. The molecule has 138 valence electrons. The number of amides is 1. The van der Waals surface area contributed by atoms with Crippen molar-refractivity contribution in [2.75, 3.05) is 31.2 Å². The van der Waals surface area contributed by atoms with Gasteiger partial charge >= 0.3 is 0 Å². The molecule has 2 aromatic rings. The van der Waals surface area contributed by atoms with Crippen LogP contribution in [-0.2, 0) is 11.2 Å². The summed E-state index contributed by atoms with van der Waals surface area (Å²) in [6.07, 6.45) is 5.09. The number of morpholine rings is 1. The van der Waals surface area contributed by atoms with Crippen LogP contribution < -0.4 is 10.2 Å². The Morgan fingerprint density at radius 2 is 2.15 bits per heavy atom. The van der Waals surface area contributed by atoms with E-state index in [1.807, 2.05) is 6.20 Å². The van der Waals surface area contributed by atoms with Gasteiger partial charge in [-0.25, -0.2) is 9.97 Å². The maximum atomic E-state index is 12.4. The molecule has 4 rings (SSSR count). The van der Waals surface area contributed by atoms with E-state index in [0.29, 0.717) is 19.0 Å². The van der Waals surface area contributed by atoms with Crippen molar-refractivity contribution in [2.45, 2.75) is 32.7 Å². The molecule has 0 spiro atoms. The van der Waals surface area contributed by atoms with Crippen LogP contribution in [0.5, 0.6) is 0 Å². The van der Waals surface area contributed by atoms with E-state index in [2.05, 4.69) is 29.0 Å². The van der Waals surface area contributed by atoms with Crippen LogP contribution in [0.2, 0.25) is 0 Å². The Kier molecular flexibility index (Phi) is 4.40. The predicted molar refractivity (Wildman–Crippen MR) is 96.1 cm³/mol. The molecular formula is C19H24N4O3. The molecule has 1 aliphatic heterocycles. The third-order valence-electron chi connectivity index (χ3n) is 5.01. The van der Waals surface area contributed by atoms with Crippen LogP contribution in [0.4, 0.5) is 5.95 Å². The molecule has 3 heterocycles. The number of carbonyl (C=O) groups is 1. The van der Waals surface area contributed by atoms with Gasteiger partial charge in [0.2, 0.25) is 5.95 Å². The van der Waals surface area contributed by atoms with Crippen LogP contribution >= 0.6 is 0 Å². The fourth-order valence-electron chi connectivity index (χ4n) is 3.72. The lowest BCUT2D eigenvalue weighted by Crippen LogP contribution is -2.39. The SMILES string of the molecule is CC1(C)Cc2nc(N3CCOCC3)ncc2[C@H](NC(=O)c2ccco2)C1. The molecule has 0 bridgehead atoms. The summed E-state index contributed by atoms with van der Waals surface area (Å²) in [6.45, 7) is 7.43. The summed E-state index contributed by atoms with van der Waals surface area (Å²) in [5, 5.41) is 3.09. The Morgan fingerprint density at radius 3 is 2.88 bits per heavy atom. The number of hydrogen-bond donors (Lipinski definition) is 1. The zero-order valence-corrected chi connectivity index (χ0v) is 15.2. The second-order valence-corrected chi connectivity index (χ2v) is 7.72. The highest BCUT2D eigenvalue weighted by Gasteiger charge is 2.35. The van der Waals surface area contributed by atoms with Crippen molar-refractivity contribution in [3.63, 3.8) is 0 Å². The quantitative estimate of drug-likeness (QED) is 0.909. The number of ether oxygens (including phenoxy) is 1. The van der Waals surface area contributed by atoms with E-state index in [0.717, 1.165) is 43.1 Å². The maximum Gasteiger partial charge on any atom is 0.287 e. The average molecular weight is 356 g/mol. The van der Waals surface area contributed by atoms with Crippen LogP contribution in [0.1, 0.15) is 48.1 Å². The first kappa shape index (κ1) is 17.0. The fraction of sp³-hybridized carbons (Fsp3) is 0.526. The van der Waals surface area contributed by atoms with E-state index in [9.17, 15) is 4.79 Å². The van der Waals surface area contributed by atoms with E-state index < -0.39 is 0 Å². The minimum atomic E-state index is -0.207. The molecule has 7 heteroatoms. The summed E-state index contributed by atoms with van der Waals surface area (Å²) in [6, 6.07) is 3.26. The molecule has 7 nitrogen and oxygen atoms in total. The Bertz CT molecular complexity index is 782. The second-order valence-electron chi connectivity index (χ2n) is 7.72. The van der Waals surface area contributed by atoms with Gasteiger partial charge in [-0.05, 0) is 30.4 Å². The normalized spacial score (nSPS) is 21.9. The molecule has 2 aromatic heterocycles. The number of nitrogens with one attached hydrogen (secondary N) is 1. The van der Waals surface area contributed by atoms with Crippen LogP contribution in [0.25, 0.3) is 0 Å².